The van der Waals surface area contributed by atoms with Crippen LogP contribution in [0.5, 0.6) is 0 Å². The van der Waals surface area contributed by atoms with E-state index in [0.717, 1.165) is 29.5 Å². The molecule has 0 aromatic heterocycles. The van der Waals surface area contributed by atoms with Crippen LogP contribution in [0.1, 0.15) is 23.2 Å². The van der Waals surface area contributed by atoms with E-state index in [-0.39, 0.29) is 24.4 Å². The zero-order valence-corrected chi connectivity index (χ0v) is 13.0. The Morgan fingerprint density at radius 3 is 2.53 bits per heavy atom. The molecule has 2 N–H and O–H groups in total. The Bertz CT molecular complexity index is 465. The van der Waals surface area contributed by atoms with E-state index in [1.54, 1.807) is 0 Å². The molecule has 0 bridgehead atoms. The molecule has 0 radical (unpaired) electrons. The van der Waals surface area contributed by atoms with E-state index in [2.05, 4.69) is 15.9 Å². The Kier molecular flexibility index (Phi) is 4.54. The first kappa shape index (κ1) is 14.8. The van der Waals surface area contributed by atoms with Crippen molar-refractivity contribution in [2.75, 3.05) is 13.1 Å². The molecule has 3 unspecified atom stereocenters. The summed E-state index contributed by atoms with van der Waals surface area (Å²) in [5, 5.41) is 0. The van der Waals surface area contributed by atoms with Crippen molar-refractivity contribution in [3.8, 4) is 0 Å². The second kappa shape index (κ2) is 5.81. The van der Waals surface area contributed by atoms with Crippen molar-refractivity contribution in [2.24, 2.45) is 17.6 Å². The van der Waals surface area contributed by atoms with Gasteiger partial charge in [0.2, 0.25) is 0 Å². The molecule has 0 spiro atoms. The summed E-state index contributed by atoms with van der Waals surface area (Å²) in [4.78, 5) is 14.3. The average Bonchev–Trinajstić information content (AvgIpc) is 2.92. The molecule has 104 valence electrons. The lowest BCUT2D eigenvalue weighted by atomic mass is 9.98. The van der Waals surface area contributed by atoms with Gasteiger partial charge in [-0.05, 0) is 48.9 Å². The fourth-order valence-electron chi connectivity index (χ4n) is 3.25. The van der Waals surface area contributed by atoms with Gasteiger partial charge in [0.1, 0.15) is 0 Å². The second-order valence-corrected chi connectivity index (χ2v) is 6.30. The number of benzene rings is 1. The van der Waals surface area contributed by atoms with Gasteiger partial charge in [-0.1, -0.05) is 15.9 Å². The molecule has 1 aromatic rings. The van der Waals surface area contributed by atoms with Gasteiger partial charge in [0.05, 0.1) is 0 Å². The molecular weight excluding hydrogens is 328 g/mol. The molecule has 1 heterocycles. The topological polar surface area (TPSA) is 46.3 Å². The number of carbonyl (C=O) groups excluding carboxylic acids is 1. The highest BCUT2D eigenvalue weighted by Gasteiger charge is 2.42. The Morgan fingerprint density at radius 1 is 1.21 bits per heavy atom. The maximum atomic E-state index is 12.4. The van der Waals surface area contributed by atoms with Crippen LogP contribution in [0.4, 0.5) is 0 Å². The van der Waals surface area contributed by atoms with Crippen molar-refractivity contribution in [1.82, 2.24) is 4.90 Å². The minimum Gasteiger partial charge on any atom is -0.338 e. The second-order valence-electron chi connectivity index (χ2n) is 5.38. The lowest BCUT2D eigenvalue weighted by molar-refractivity contribution is 0.0779. The number of nitrogens with zero attached hydrogens (tertiary/aromatic N) is 1. The van der Waals surface area contributed by atoms with E-state index in [1.807, 2.05) is 29.2 Å². The standard InChI is InChI=1S/C14H17BrN2O.ClH/c15-11-4-1-9(2-5-11)14(18)17-7-10-3-6-13(16)12(10)8-17;/h1-2,4-5,10,12-13H,3,6-8,16H2;1H. The number of rotatable bonds is 1. The Morgan fingerprint density at radius 2 is 1.89 bits per heavy atom. The number of amides is 1. The number of hydrogen-bond acceptors (Lipinski definition) is 2. The number of nitrogens with two attached hydrogens (primary N) is 1. The van der Waals surface area contributed by atoms with Gasteiger partial charge in [-0.15, -0.1) is 12.4 Å². The number of fused-ring (bicyclic) bond motifs is 1. The average molecular weight is 346 g/mol. The van der Waals surface area contributed by atoms with Gasteiger partial charge < -0.3 is 10.6 Å². The van der Waals surface area contributed by atoms with Gasteiger partial charge in [-0.2, -0.15) is 0 Å². The van der Waals surface area contributed by atoms with Crippen molar-refractivity contribution in [3.05, 3.63) is 34.3 Å². The number of likely N-dealkylation sites (tertiary alicyclic amines) is 1. The fraction of sp³-hybridized carbons (Fsp3) is 0.500. The van der Waals surface area contributed by atoms with Crippen LogP contribution >= 0.6 is 28.3 Å². The number of carbonyl (C=O) groups is 1. The SMILES string of the molecule is Cl.NC1CCC2CN(C(=O)c3ccc(Br)cc3)CC12. The molecule has 2 fully saturated rings. The molecule has 3 nitrogen and oxygen atoms in total. The third-order valence-corrected chi connectivity index (χ3v) is 4.82. The summed E-state index contributed by atoms with van der Waals surface area (Å²) in [5.41, 5.74) is 6.87. The van der Waals surface area contributed by atoms with Crippen molar-refractivity contribution < 1.29 is 4.79 Å². The first-order chi connectivity index (χ1) is 8.65. The minimum absolute atomic E-state index is 0. The molecule has 3 atom stereocenters. The van der Waals surface area contributed by atoms with E-state index in [4.69, 9.17) is 5.73 Å². The smallest absolute Gasteiger partial charge is 0.253 e. The summed E-state index contributed by atoms with van der Waals surface area (Å²) in [6, 6.07) is 7.87. The van der Waals surface area contributed by atoms with Crippen molar-refractivity contribution in [1.29, 1.82) is 0 Å². The molecular formula is C14H18BrClN2O. The van der Waals surface area contributed by atoms with Gasteiger partial charge in [0.25, 0.3) is 5.91 Å². The monoisotopic (exact) mass is 344 g/mol. The number of hydrogen-bond donors (Lipinski definition) is 1. The van der Waals surface area contributed by atoms with Crippen LogP contribution in [0.3, 0.4) is 0 Å². The molecule has 1 amide bonds. The summed E-state index contributed by atoms with van der Waals surface area (Å²) < 4.78 is 0.999. The number of halogens is 2. The largest absolute Gasteiger partial charge is 0.338 e. The first-order valence-corrected chi connectivity index (χ1v) is 7.25. The Balaban J connectivity index is 0.00000133. The van der Waals surface area contributed by atoms with Gasteiger partial charge in [-0.3, -0.25) is 4.79 Å². The Labute approximate surface area is 128 Å². The molecule has 3 rings (SSSR count). The molecule has 19 heavy (non-hydrogen) atoms. The highest BCUT2D eigenvalue weighted by atomic mass is 79.9. The first-order valence-electron chi connectivity index (χ1n) is 6.45. The fourth-order valence-corrected chi connectivity index (χ4v) is 3.51. The summed E-state index contributed by atoms with van der Waals surface area (Å²) in [6.45, 7) is 1.72. The lowest BCUT2D eigenvalue weighted by Gasteiger charge is -2.18. The predicted octanol–water partition coefficient (Wildman–Crippen LogP) is 2.68. The van der Waals surface area contributed by atoms with Crippen LogP contribution in [0, 0.1) is 11.8 Å². The lowest BCUT2D eigenvalue weighted by Crippen LogP contribution is -2.33. The molecule has 1 saturated heterocycles. The van der Waals surface area contributed by atoms with Crippen LogP contribution in [-0.2, 0) is 0 Å². The quantitative estimate of drug-likeness (QED) is 0.850. The van der Waals surface area contributed by atoms with Crippen LogP contribution in [0.25, 0.3) is 0 Å². The summed E-state index contributed by atoms with van der Waals surface area (Å²) in [7, 11) is 0. The van der Waals surface area contributed by atoms with E-state index < -0.39 is 0 Å². The third kappa shape index (κ3) is 2.81. The highest BCUT2D eigenvalue weighted by Crippen LogP contribution is 2.37. The molecule has 1 aliphatic carbocycles. The van der Waals surface area contributed by atoms with Gasteiger partial charge >= 0.3 is 0 Å². The van der Waals surface area contributed by atoms with E-state index >= 15 is 0 Å². The maximum absolute atomic E-state index is 12.4. The van der Waals surface area contributed by atoms with E-state index in [1.165, 1.54) is 6.42 Å². The molecule has 2 aliphatic rings. The molecule has 5 heteroatoms. The normalized spacial score (nSPS) is 28.9. The van der Waals surface area contributed by atoms with E-state index in [9.17, 15) is 4.79 Å². The third-order valence-electron chi connectivity index (χ3n) is 4.29. The minimum atomic E-state index is 0. The summed E-state index contributed by atoms with van der Waals surface area (Å²) in [6.07, 6.45) is 2.30. The van der Waals surface area contributed by atoms with Crippen LogP contribution in [0.15, 0.2) is 28.7 Å². The van der Waals surface area contributed by atoms with E-state index in [0.29, 0.717) is 11.8 Å². The predicted molar refractivity (Wildman–Crippen MR) is 81.5 cm³/mol. The van der Waals surface area contributed by atoms with Gasteiger partial charge in [0.15, 0.2) is 0 Å². The van der Waals surface area contributed by atoms with Gasteiger partial charge in [0, 0.05) is 29.2 Å². The molecule has 1 aromatic carbocycles. The van der Waals surface area contributed by atoms with Crippen molar-refractivity contribution in [3.63, 3.8) is 0 Å². The van der Waals surface area contributed by atoms with Crippen molar-refractivity contribution in [2.45, 2.75) is 18.9 Å². The summed E-state index contributed by atoms with van der Waals surface area (Å²) >= 11 is 3.38. The Hall–Kier alpha value is -0.580. The van der Waals surface area contributed by atoms with Gasteiger partial charge in [-0.25, -0.2) is 0 Å². The zero-order valence-electron chi connectivity index (χ0n) is 10.6. The molecule has 1 saturated carbocycles. The van der Waals surface area contributed by atoms with Crippen LogP contribution < -0.4 is 5.73 Å². The summed E-state index contributed by atoms with van der Waals surface area (Å²) in [5.74, 6) is 1.29. The maximum Gasteiger partial charge on any atom is 0.253 e. The van der Waals surface area contributed by atoms with Crippen LogP contribution in [-0.4, -0.2) is 29.9 Å². The van der Waals surface area contributed by atoms with Crippen LogP contribution in [0.2, 0.25) is 0 Å². The van der Waals surface area contributed by atoms with Crippen molar-refractivity contribution >= 4 is 34.2 Å². The highest BCUT2D eigenvalue weighted by molar-refractivity contribution is 9.10. The molecule has 1 aliphatic heterocycles. The zero-order chi connectivity index (χ0) is 12.7.